The Hall–Kier alpha value is -3.45. The minimum absolute atomic E-state index is 0.581. The van der Waals surface area contributed by atoms with E-state index in [-0.39, 0.29) is 0 Å². The van der Waals surface area contributed by atoms with E-state index in [1.54, 1.807) is 24.7 Å². The van der Waals surface area contributed by atoms with Crippen LogP contribution in [0.3, 0.4) is 0 Å². The van der Waals surface area contributed by atoms with Crippen molar-refractivity contribution in [3.8, 4) is 0 Å². The fourth-order valence-electron chi connectivity index (χ4n) is 3.81. The fraction of sp³-hybridized carbons (Fsp3) is 0.292. The summed E-state index contributed by atoms with van der Waals surface area (Å²) in [7, 11) is 0. The molecule has 0 saturated carbocycles. The highest BCUT2D eigenvalue weighted by Gasteiger charge is 2.15. The van der Waals surface area contributed by atoms with Gasteiger partial charge < -0.3 is 20.1 Å². The Morgan fingerprint density at radius 1 is 0.903 bits per heavy atom. The summed E-state index contributed by atoms with van der Waals surface area (Å²) >= 11 is 0. The highest BCUT2D eigenvalue weighted by atomic mass is 16.2. The number of amides is 2. The van der Waals surface area contributed by atoms with Crippen LogP contribution in [-0.2, 0) is 22.6 Å². The van der Waals surface area contributed by atoms with Crippen LogP contribution >= 0.6 is 0 Å². The van der Waals surface area contributed by atoms with Crippen LogP contribution in [0.1, 0.15) is 24.0 Å². The van der Waals surface area contributed by atoms with Crippen molar-refractivity contribution in [1.82, 2.24) is 14.5 Å². The van der Waals surface area contributed by atoms with Gasteiger partial charge in [0.15, 0.2) is 0 Å². The molecule has 2 N–H and O–H groups in total. The predicted octanol–water partition coefficient (Wildman–Crippen LogP) is 3.15. The quantitative estimate of drug-likeness (QED) is 0.579. The van der Waals surface area contributed by atoms with Crippen molar-refractivity contribution in [3.05, 3.63) is 78.4 Å². The molecule has 7 heteroatoms. The lowest BCUT2D eigenvalue weighted by molar-refractivity contribution is -0.132. The predicted molar refractivity (Wildman–Crippen MR) is 121 cm³/mol. The molecule has 0 bridgehead atoms. The van der Waals surface area contributed by atoms with Gasteiger partial charge in [0.2, 0.25) is 0 Å². The molecule has 0 unspecified atom stereocenters. The molecule has 2 amide bonds. The van der Waals surface area contributed by atoms with Crippen molar-refractivity contribution >= 4 is 23.2 Å². The normalized spacial score (nSPS) is 13.8. The molecular weight excluding hydrogens is 390 g/mol. The summed E-state index contributed by atoms with van der Waals surface area (Å²) in [5, 5.41) is 5.38. The van der Waals surface area contributed by atoms with Crippen molar-refractivity contribution in [2.75, 3.05) is 30.3 Å². The van der Waals surface area contributed by atoms with Crippen molar-refractivity contribution < 1.29 is 9.59 Å². The van der Waals surface area contributed by atoms with Gasteiger partial charge in [-0.05, 0) is 67.7 Å². The van der Waals surface area contributed by atoms with Gasteiger partial charge in [0.25, 0.3) is 0 Å². The average molecular weight is 418 g/mol. The van der Waals surface area contributed by atoms with E-state index >= 15 is 0 Å². The molecule has 1 fully saturated rings. The van der Waals surface area contributed by atoms with Gasteiger partial charge in [0, 0.05) is 36.9 Å². The summed E-state index contributed by atoms with van der Waals surface area (Å²) in [6.07, 6.45) is 8.81. The number of nitrogens with one attached hydrogen (secondary N) is 2. The number of hydrogen-bond acceptors (Lipinski definition) is 4. The molecule has 7 nitrogen and oxygen atoms in total. The van der Waals surface area contributed by atoms with E-state index in [1.165, 1.54) is 25.9 Å². The fourth-order valence-corrected chi connectivity index (χ4v) is 3.81. The standard InChI is InChI=1S/C24H27N5O2/c30-23(26-21-7-3-5-19(15-21)9-13-28-11-1-2-12-28)24(31)27-22-8-4-6-20(16-22)17-29-14-10-25-18-29/h3-8,10,14-16,18H,1-2,9,11-13,17H2,(H,26,30)(H,27,31). The first kappa shape index (κ1) is 20.8. The first-order chi connectivity index (χ1) is 15.2. The zero-order chi connectivity index (χ0) is 21.5. The summed E-state index contributed by atoms with van der Waals surface area (Å²) in [5.74, 6) is -1.38. The Kier molecular flexibility index (Phi) is 6.74. The number of imidazole rings is 1. The largest absolute Gasteiger partial charge is 0.333 e. The molecule has 31 heavy (non-hydrogen) atoms. The Labute approximate surface area is 182 Å². The van der Waals surface area contributed by atoms with E-state index in [9.17, 15) is 9.59 Å². The zero-order valence-corrected chi connectivity index (χ0v) is 17.5. The summed E-state index contributed by atoms with van der Waals surface area (Å²) in [5.41, 5.74) is 3.37. The van der Waals surface area contributed by atoms with E-state index in [4.69, 9.17) is 0 Å². The molecule has 0 radical (unpaired) electrons. The summed E-state index contributed by atoms with van der Waals surface area (Å²) in [6, 6.07) is 15.1. The van der Waals surface area contributed by atoms with Crippen LogP contribution in [-0.4, -0.2) is 45.9 Å². The third-order valence-corrected chi connectivity index (χ3v) is 5.42. The zero-order valence-electron chi connectivity index (χ0n) is 17.5. The number of anilines is 2. The molecular formula is C24H27N5O2. The van der Waals surface area contributed by atoms with Crippen molar-refractivity contribution in [1.29, 1.82) is 0 Å². The lowest BCUT2D eigenvalue weighted by atomic mass is 10.1. The van der Waals surface area contributed by atoms with Gasteiger partial charge in [0.05, 0.1) is 6.33 Å². The topological polar surface area (TPSA) is 79.3 Å². The second-order valence-corrected chi connectivity index (χ2v) is 7.84. The third kappa shape index (κ3) is 6.02. The Bertz CT molecular complexity index is 1030. The SMILES string of the molecule is O=C(Nc1cccc(CCN2CCCC2)c1)C(=O)Nc1cccc(Cn2ccnc2)c1. The van der Waals surface area contributed by atoms with Gasteiger partial charge in [-0.25, -0.2) is 4.98 Å². The number of hydrogen-bond donors (Lipinski definition) is 2. The van der Waals surface area contributed by atoms with E-state index in [0.29, 0.717) is 17.9 Å². The average Bonchev–Trinajstić information content (AvgIpc) is 3.47. The molecule has 1 aliphatic heterocycles. The molecule has 3 aromatic rings. The van der Waals surface area contributed by atoms with Crippen molar-refractivity contribution in [3.63, 3.8) is 0 Å². The maximum atomic E-state index is 12.4. The number of carbonyl (C=O) groups is 2. The van der Waals surface area contributed by atoms with Crippen molar-refractivity contribution in [2.45, 2.75) is 25.8 Å². The number of likely N-dealkylation sites (tertiary alicyclic amines) is 1. The smallest absolute Gasteiger partial charge is 0.314 e. The van der Waals surface area contributed by atoms with Crippen LogP contribution in [0.15, 0.2) is 67.3 Å². The Morgan fingerprint density at radius 3 is 2.19 bits per heavy atom. The van der Waals surface area contributed by atoms with Gasteiger partial charge >= 0.3 is 11.8 Å². The van der Waals surface area contributed by atoms with Crippen LogP contribution in [0.5, 0.6) is 0 Å². The minimum Gasteiger partial charge on any atom is -0.333 e. The monoisotopic (exact) mass is 417 g/mol. The number of carbonyl (C=O) groups excluding carboxylic acids is 2. The number of rotatable bonds is 7. The molecule has 0 spiro atoms. The molecule has 1 aromatic heterocycles. The van der Waals surface area contributed by atoms with Crippen LogP contribution in [0, 0.1) is 0 Å². The number of aromatic nitrogens is 2. The Morgan fingerprint density at radius 2 is 1.55 bits per heavy atom. The van der Waals surface area contributed by atoms with Gasteiger partial charge in [-0.15, -0.1) is 0 Å². The molecule has 1 saturated heterocycles. The van der Waals surface area contributed by atoms with Crippen LogP contribution < -0.4 is 10.6 Å². The lowest BCUT2D eigenvalue weighted by Crippen LogP contribution is -2.29. The van der Waals surface area contributed by atoms with Crippen LogP contribution in [0.4, 0.5) is 11.4 Å². The third-order valence-electron chi connectivity index (χ3n) is 5.42. The highest BCUT2D eigenvalue weighted by molar-refractivity contribution is 6.43. The van der Waals surface area contributed by atoms with Gasteiger partial charge in [-0.1, -0.05) is 24.3 Å². The summed E-state index contributed by atoms with van der Waals surface area (Å²) in [6.45, 7) is 3.99. The molecule has 0 aliphatic carbocycles. The molecule has 1 aliphatic rings. The van der Waals surface area contributed by atoms with Gasteiger partial charge in [0.1, 0.15) is 0 Å². The molecule has 160 valence electrons. The maximum Gasteiger partial charge on any atom is 0.314 e. The molecule has 2 aromatic carbocycles. The van der Waals surface area contributed by atoms with Gasteiger partial charge in [-0.3, -0.25) is 9.59 Å². The lowest BCUT2D eigenvalue weighted by Gasteiger charge is -2.14. The van der Waals surface area contributed by atoms with E-state index in [0.717, 1.165) is 24.1 Å². The maximum absolute atomic E-state index is 12.4. The van der Waals surface area contributed by atoms with E-state index < -0.39 is 11.8 Å². The van der Waals surface area contributed by atoms with Crippen LogP contribution in [0.25, 0.3) is 0 Å². The molecule has 2 heterocycles. The molecule has 0 atom stereocenters. The number of nitrogens with zero attached hydrogens (tertiary/aromatic N) is 3. The first-order valence-corrected chi connectivity index (χ1v) is 10.6. The second-order valence-electron chi connectivity index (χ2n) is 7.84. The van der Waals surface area contributed by atoms with Gasteiger partial charge in [-0.2, -0.15) is 0 Å². The summed E-state index contributed by atoms with van der Waals surface area (Å²) in [4.78, 5) is 31.3. The van der Waals surface area contributed by atoms with Crippen LogP contribution in [0.2, 0.25) is 0 Å². The molecule has 4 rings (SSSR count). The minimum atomic E-state index is -0.692. The van der Waals surface area contributed by atoms with E-state index in [1.807, 2.05) is 41.1 Å². The Balaban J connectivity index is 1.31. The van der Waals surface area contributed by atoms with E-state index in [2.05, 4.69) is 26.6 Å². The second kappa shape index (κ2) is 10.0. The highest BCUT2D eigenvalue weighted by Crippen LogP contribution is 2.15. The van der Waals surface area contributed by atoms with Crippen molar-refractivity contribution in [2.24, 2.45) is 0 Å². The summed E-state index contributed by atoms with van der Waals surface area (Å²) < 4.78 is 1.93. The number of benzene rings is 2. The first-order valence-electron chi connectivity index (χ1n) is 10.6.